The Hall–Kier alpha value is -4.19. The summed E-state index contributed by atoms with van der Waals surface area (Å²) in [6, 6.07) is 16.4. The Morgan fingerprint density at radius 2 is 1.68 bits per heavy atom. The number of hydrogen-bond acceptors (Lipinski definition) is 7. The number of methoxy groups -OCH3 is 1. The second-order valence-corrected chi connectivity index (χ2v) is 11.9. The molecule has 2 fully saturated rings. The van der Waals surface area contributed by atoms with Crippen molar-refractivity contribution in [3.05, 3.63) is 65.7 Å². The summed E-state index contributed by atoms with van der Waals surface area (Å²) in [6.45, 7) is 2.70. The Bertz CT molecular complexity index is 1380. The van der Waals surface area contributed by atoms with Crippen LogP contribution >= 0.6 is 11.8 Å². The number of anilines is 1. The molecule has 1 heterocycles. The van der Waals surface area contributed by atoms with E-state index in [1.54, 1.807) is 24.3 Å². The summed E-state index contributed by atoms with van der Waals surface area (Å²) in [5.74, 6) is -0.588. The van der Waals surface area contributed by atoms with Crippen molar-refractivity contribution in [1.29, 1.82) is 0 Å². The molecule has 0 spiro atoms. The number of benzene rings is 2. The Morgan fingerprint density at radius 3 is 2.36 bits per heavy atom. The summed E-state index contributed by atoms with van der Waals surface area (Å²) in [5, 5.41) is 5.78. The maximum absolute atomic E-state index is 13.1. The van der Waals surface area contributed by atoms with Crippen LogP contribution in [0, 0.1) is 0 Å². The van der Waals surface area contributed by atoms with Crippen molar-refractivity contribution in [2.45, 2.75) is 69.2 Å². The lowest BCUT2D eigenvalue weighted by atomic mass is 10.1. The lowest BCUT2D eigenvalue weighted by Crippen LogP contribution is -2.43. The van der Waals surface area contributed by atoms with E-state index in [1.807, 2.05) is 37.3 Å². The minimum absolute atomic E-state index is 0.00181. The van der Waals surface area contributed by atoms with Crippen LogP contribution in [0.4, 0.5) is 5.69 Å². The normalized spacial score (nSPS) is 19.1. The van der Waals surface area contributed by atoms with Gasteiger partial charge in [-0.2, -0.15) is 4.99 Å². The van der Waals surface area contributed by atoms with E-state index in [2.05, 4.69) is 30.3 Å². The molecule has 4 rings (SSSR count). The molecule has 2 atom stereocenters. The van der Waals surface area contributed by atoms with Gasteiger partial charge in [0, 0.05) is 48.4 Å². The fourth-order valence-corrected chi connectivity index (χ4v) is 6.14. The van der Waals surface area contributed by atoms with Crippen LogP contribution in [0.1, 0.15) is 67.8 Å². The highest BCUT2D eigenvalue weighted by Gasteiger charge is 2.46. The second kappa shape index (κ2) is 16.0. The number of amides is 3. The number of carbonyl (C=O) groups excluding carboxylic acids is 4. The number of rotatable bonds is 14. The van der Waals surface area contributed by atoms with Crippen molar-refractivity contribution in [3.8, 4) is 0 Å². The molecule has 12 heteroatoms. The standard InChI is InChI=1S/C32H40N6O5S/c1-21-28(31(42)35-20-18-27(40)43-2)44-32(38(21)25-16-17-25)37-30(41)23-14-12-22(13-15-23)29(33)34-19-8-4-7-11-26(39)36-24-9-5-3-6-10-24/h3,5-6,9-10,12-15,21,25,28H,4,7-8,11,16-20H2,1-2H3,(H2,33,34)(H,35,42)(H,36,39). The molecule has 2 aromatic carbocycles. The van der Waals surface area contributed by atoms with Crippen LogP contribution in [0.25, 0.3) is 0 Å². The second-order valence-electron chi connectivity index (χ2n) is 10.8. The molecule has 3 amide bonds. The third kappa shape index (κ3) is 9.40. The predicted molar refractivity (Wildman–Crippen MR) is 173 cm³/mol. The molecule has 0 radical (unpaired) electrons. The van der Waals surface area contributed by atoms with Crippen LogP contribution in [-0.2, 0) is 19.1 Å². The zero-order valence-corrected chi connectivity index (χ0v) is 26.0. The number of nitrogens with zero attached hydrogens (tertiary/aromatic N) is 3. The monoisotopic (exact) mass is 620 g/mol. The largest absolute Gasteiger partial charge is 0.469 e. The van der Waals surface area contributed by atoms with Gasteiger partial charge in [0.1, 0.15) is 11.1 Å². The average Bonchev–Trinajstić information content (AvgIpc) is 3.81. The van der Waals surface area contributed by atoms with Gasteiger partial charge in [-0.25, -0.2) is 0 Å². The smallest absolute Gasteiger partial charge is 0.307 e. The highest BCUT2D eigenvalue weighted by atomic mass is 32.2. The minimum atomic E-state index is -0.440. The number of esters is 1. The molecule has 0 aromatic heterocycles. The lowest BCUT2D eigenvalue weighted by Gasteiger charge is -2.24. The van der Waals surface area contributed by atoms with Gasteiger partial charge >= 0.3 is 5.97 Å². The van der Waals surface area contributed by atoms with Gasteiger partial charge in [-0.1, -0.05) is 48.5 Å². The molecule has 1 saturated heterocycles. The van der Waals surface area contributed by atoms with Crippen molar-refractivity contribution >= 4 is 52.1 Å². The number of aliphatic imine (C=N–C) groups is 2. The number of carbonyl (C=O) groups is 4. The molecular formula is C32H40N6O5S. The molecule has 1 saturated carbocycles. The van der Waals surface area contributed by atoms with Crippen LogP contribution < -0.4 is 16.4 Å². The predicted octanol–water partition coefficient (Wildman–Crippen LogP) is 3.73. The molecule has 11 nitrogen and oxygen atoms in total. The average molecular weight is 621 g/mol. The maximum atomic E-state index is 13.1. The lowest BCUT2D eigenvalue weighted by molar-refractivity contribution is -0.140. The number of nitrogens with one attached hydrogen (secondary N) is 2. The molecule has 0 bridgehead atoms. The van der Waals surface area contributed by atoms with Gasteiger partial charge in [0.05, 0.1) is 13.5 Å². The Kier molecular flexibility index (Phi) is 11.9. The number of hydrogen-bond donors (Lipinski definition) is 3. The van der Waals surface area contributed by atoms with E-state index in [0.29, 0.717) is 35.1 Å². The number of ether oxygens (including phenoxy) is 1. The van der Waals surface area contributed by atoms with E-state index in [9.17, 15) is 19.2 Å². The van der Waals surface area contributed by atoms with Crippen LogP contribution in [0.2, 0.25) is 0 Å². The van der Waals surface area contributed by atoms with E-state index in [1.165, 1.54) is 18.9 Å². The molecule has 2 unspecified atom stereocenters. The van der Waals surface area contributed by atoms with Crippen molar-refractivity contribution in [2.75, 3.05) is 25.5 Å². The van der Waals surface area contributed by atoms with Crippen molar-refractivity contribution in [2.24, 2.45) is 15.7 Å². The highest BCUT2D eigenvalue weighted by Crippen LogP contribution is 2.40. The molecule has 1 aliphatic carbocycles. The molecule has 1 aliphatic heterocycles. The van der Waals surface area contributed by atoms with E-state index in [4.69, 9.17) is 5.73 Å². The zero-order chi connectivity index (χ0) is 31.5. The van der Waals surface area contributed by atoms with Gasteiger partial charge in [-0.3, -0.25) is 24.2 Å². The summed E-state index contributed by atoms with van der Waals surface area (Å²) in [4.78, 5) is 60.3. The first kappa shape index (κ1) is 32.7. The third-order valence-electron chi connectivity index (χ3n) is 7.41. The van der Waals surface area contributed by atoms with E-state index in [-0.39, 0.29) is 42.8 Å². The first-order valence-corrected chi connectivity index (χ1v) is 15.8. The first-order chi connectivity index (χ1) is 21.3. The SMILES string of the molecule is COC(=O)CCNC(=O)C1SC(=NC(=O)c2ccc(C(N)=NCCCCCC(=O)Nc3ccccc3)cc2)N(C2CC2)C1C. The zero-order valence-electron chi connectivity index (χ0n) is 25.2. The highest BCUT2D eigenvalue weighted by molar-refractivity contribution is 8.15. The number of nitrogens with two attached hydrogens (primary N) is 1. The van der Waals surface area contributed by atoms with Gasteiger partial charge in [0.25, 0.3) is 5.91 Å². The van der Waals surface area contributed by atoms with Crippen LogP contribution in [0.5, 0.6) is 0 Å². The molecule has 2 aromatic rings. The molecule has 2 aliphatic rings. The molecule has 4 N–H and O–H groups in total. The maximum Gasteiger partial charge on any atom is 0.307 e. The van der Waals surface area contributed by atoms with Gasteiger partial charge < -0.3 is 26.0 Å². The van der Waals surface area contributed by atoms with E-state index >= 15 is 0 Å². The Morgan fingerprint density at radius 1 is 0.977 bits per heavy atom. The van der Waals surface area contributed by atoms with Crippen LogP contribution in [0.15, 0.2) is 64.6 Å². The summed E-state index contributed by atoms with van der Waals surface area (Å²) in [6.07, 6.45) is 4.97. The van der Waals surface area contributed by atoms with E-state index < -0.39 is 11.2 Å². The van der Waals surface area contributed by atoms with Gasteiger partial charge in [-0.05, 0) is 56.9 Å². The summed E-state index contributed by atoms with van der Waals surface area (Å²) in [5.41, 5.74) is 8.10. The van der Waals surface area contributed by atoms with Crippen molar-refractivity contribution in [1.82, 2.24) is 10.2 Å². The number of amidine groups is 2. The van der Waals surface area contributed by atoms with Gasteiger partial charge in [-0.15, -0.1) is 0 Å². The summed E-state index contributed by atoms with van der Waals surface area (Å²) in [7, 11) is 1.31. The Labute approximate surface area is 262 Å². The topological polar surface area (TPSA) is 156 Å². The summed E-state index contributed by atoms with van der Waals surface area (Å²) < 4.78 is 4.62. The molecule has 234 valence electrons. The number of thioether (sulfide) groups is 1. The molecular weight excluding hydrogens is 580 g/mol. The Balaban J connectivity index is 1.25. The van der Waals surface area contributed by atoms with E-state index in [0.717, 1.165) is 37.8 Å². The third-order valence-corrected chi connectivity index (χ3v) is 8.79. The summed E-state index contributed by atoms with van der Waals surface area (Å²) >= 11 is 1.28. The fourth-order valence-electron chi connectivity index (χ4n) is 4.83. The fraction of sp³-hybridized carbons (Fsp3) is 0.438. The van der Waals surface area contributed by atoms with Gasteiger partial charge in [0.2, 0.25) is 11.8 Å². The first-order valence-electron chi connectivity index (χ1n) is 14.9. The minimum Gasteiger partial charge on any atom is -0.469 e. The van der Waals surface area contributed by atoms with Gasteiger partial charge in [0.15, 0.2) is 5.17 Å². The number of para-hydroxylation sites is 1. The molecule has 44 heavy (non-hydrogen) atoms. The number of unbranched alkanes of at least 4 members (excludes halogenated alkanes) is 2. The van der Waals surface area contributed by atoms with Crippen LogP contribution in [0.3, 0.4) is 0 Å². The van der Waals surface area contributed by atoms with Crippen molar-refractivity contribution < 1.29 is 23.9 Å². The van der Waals surface area contributed by atoms with Crippen LogP contribution in [-0.4, -0.2) is 77.1 Å². The quantitative estimate of drug-likeness (QED) is 0.125. The van der Waals surface area contributed by atoms with Crippen molar-refractivity contribution in [3.63, 3.8) is 0 Å².